The molecule has 9 aromatic rings. The van der Waals surface area contributed by atoms with Gasteiger partial charge < -0.3 is 9.32 Å². The third kappa shape index (κ3) is 5.53. The Labute approximate surface area is 292 Å². The van der Waals surface area contributed by atoms with Crippen molar-refractivity contribution in [1.29, 1.82) is 0 Å². The number of anilines is 3. The van der Waals surface area contributed by atoms with Gasteiger partial charge in [0.15, 0.2) is 0 Å². The Kier molecular flexibility index (Phi) is 7.53. The molecule has 0 N–H and O–H groups in total. The lowest BCUT2D eigenvalue weighted by Gasteiger charge is -2.28. The number of furan rings is 1. The van der Waals surface area contributed by atoms with E-state index >= 15 is 0 Å². The molecule has 9 rings (SSSR count). The first-order valence-electron chi connectivity index (χ1n) is 17.0. The molecule has 0 fully saturated rings. The Morgan fingerprint density at radius 3 is 1.52 bits per heavy atom. The zero-order chi connectivity index (χ0) is 33.3. The van der Waals surface area contributed by atoms with Crippen molar-refractivity contribution < 1.29 is 4.42 Å². The van der Waals surface area contributed by atoms with E-state index in [1.165, 1.54) is 38.9 Å². The number of fused-ring (bicyclic) bond motifs is 3. The third-order valence-electron chi connectivity index (χ3n) is 9.50. The fraction of sp³-hybridized carbons (Fsp3) is 0. The first kappa shape index (κ1) is 29.5. The van der Waals surface area contributed by atoms with E-state index in [2.05, 4.69) is 193 Å². The Hall–Kier alpha value is -6.64. The summed E-state index contributed by atoms with van der Waals surface area (Å²) in [5.74, 6) is 0. The molecular formula is C48H33NO. The van der Waals surface area contributed by atoms with Crippen molar-refractivity contribution in [2.75, 3.05) is 4.90 Å². The molecule has 2 heteroatoms. The lowest BCUT2D eigenvalue weighted by atomic mass is 9.97. The molecular weight excluding hydrogens is 607 g/mol. The maximum atomic E-state index is 6.36. The molecule has 0 unspecified atom stereocenters. The predicted octanol–water partition coefficient (Wildman–Crippen LogP) is 13.7. The van der Waals surface area contributed by atoms with Crippen molar-refractivity contribution in [3.05, 3.63) is 200 Å². The van der Waals surface area contributed by atoms with Crippen LogP contribution in [0, 0.1) is 0 Å². The SMILES string of the molecule is c1ccc(-c2ccc(-c3cccc(-c4ccc(N(c5ccc6c(c5)oc5ccccc56)c5ccccc5-c5ccccc5)cc4)c3)cc2)cc1. The van der Waals surface area contributed by atoms with Crippen LogP contribution in [0.25, 0.3) is 66.4 Å². The molecule has 0 atom stereocenters. The van der Waals surface area contributed by atoms with E-state index in [9.17, 15) is 0 Å². The van der Waals surface area contributed by atoms with E-state index in [0.29, 0.717) is 0 Å². The molecule has 0 aliphatic carbocycles. The van der Waals surface area contributed by atoms with E-state index in [1.54, 1.807) is 0 Å². The Morgan fingerprint density at radius 1 is 0.300 bits per heavy atom. The highest BCUT2D eigenvalue weighted by Gasteiger charge is 2.19. The minimum absolute atomic E-state index is 0.871. The van der Waals surface area contributed by atoms with Gasteiger partial charge in [-0.05, 0) is 81.4 Å². The highest BCUT2D eigenvalue weighted by atomic mass is 16.3. The fourth-order valence-corrected chi connectivity index (χ4v) is 6.98. The van der Waals surface area contributed by atoms with E-state index in [0.717, 1.165) is 44.6 Å². The minimum Gasteiger partial charge on any atom is -0.456 e. The quantitative estimate of drug-likeness (QED) is 0.173. The van der Waals surface area contributed by atoms with Gasteiger partial charge in [0, 0.05) is 33.8 Å². The Bertz CT molecular complexity index is 2570. The number of rotatable bonds is 7. The first-order valence-corrected chi connectivity index (χ1v) is 17.0. The molecule has 1 aromatic heterocycles. The summed E-state index contributed by atoms with van der Waals surface area (Å²) in [6, 6.07) is 71.1. The van der Waals surface area contributed by atoms with Gasteiger partial charge in [-0.2, -0.15) is 0 Å². The molecule has 0 radical (unpaired) electrons. The van der Waals surface area contributed by atoms with Crippen molar-refractivity contribution in [1.82, 2.24) is 0 Å². The van der Waals surface area contributed by atoms with Crippen LogP contribution in [0.2, 0.25) is 0 Å². The van der Waals surface area contributed by atoms with Crippen molar-refractivity contribution in [2.45, 2.75) is 0 Å². The molecule has 0 amide bonds. The third-order valence-corrected chi connectivity index (χ3v) is 9.50. The smallest absolute Gasteiger partial charge is 0.137 e. The second-order valence-electron chi connectivity index (χ2n) is 12.6. The van der Waals surface area contributed by atoms with Crippen LogP contribution >= 0.6 is 0 Å². The maximum Gasteiger partial charge on any atom is 0.137 e. The molecule has 236 valence electrons. The van der Waals surface area contributed by atoms with Crippen molar-refractivity contribution in [3.63, 3.8) is 0 Å². The normalized spacial score (nSPS) is 11.2. The average molecular weight is 640 g/mol. The average Bonchev–Trinajstić information content (AvgIpc) is 3.57. The van der Waals surface area contributed by atoms with Crippen LogP contribution in [0.15, 0.2) is 205 Å². The molecule has 0 bridgehead atoms. The van der Waals surface area contributed by atoms with E-state index in [-0.39, 0.29) is 0 Å². The number of benzene rings is 8. The lowest BCUT2D eigenvalue weighted by Crippen LogP contribution is -2.11. The van der Waals surface area contributed by atoms with Crippen LogP contribution in [-0.4, -0.2) is 0 Å². The van der Waals surface area contributed by atoms with Crippen LogP contribution in [-0.2, 0) is 0 Å². The monoisotopic (exact) mass is 639 g/mol. The molecule has 1 heterocycles. The molecule has 0 saturated heterocycles. The van der Waals surface area contributed by atoms with Crippen LogP contribution in [0.3, 0.4) is 0 Å². The van der Waals surface area contributed by atoms with Crippen LogP contribution < -0.4 is 4.90 Å². The van der Waals surface area contributed by atoms with Gasteiger partial charge >= 0.3 is 0 Å². The highest BCUT2D eigenvalue weighted by molar-refractivity contribution is 6.06. The summed E-state index contributed by atoms with van der Waals surface area (Å²) < 4.78 is 6.36. The first-order chi connectivity index (χ1) is 24.8. The summed E-state index contributed by atoms with van der Waals surface area (Å²) >= 11 is 0. The summed E-state index contributed by atoms with van der Waals surface area (Å²) in [5.41, 5.74) is 14.5. The Balaban J connectivity index is 1.10. The zero-order valence-electron chi connectivity index (χ0n) is 27.4. The lowest BCUT2D eigenvalue weighted by molar-refractivity contribution is 0.669. The van der Waals surface area contributed by atoms with Gasteiger partial charge in [-0.3, -0.25) is 0 Å². The molecule has 2 nitrogen and oxygen atoms in total. The predicted molar refractivity (Wildman–Crippen MR) is 210 cm³/mol. The minimum atomic E-state index is 0.871. The second-order valence-corrected chi connectivity index (χ2v) is 12.6. The Morgan fingerprint density at radius 2 is 0.800 bits per heavy atom. The summed E-state index contributed by atoms with van der Waals surface area (Å²) in [5, 5.41) is 2.24. The highest BCUT2D eigenvalue weighted by Crippen LogP contribution is 2.43. The van der Waals surface area contributed by atoms with Crippen molar-refractivity contribution in [2.24, 2.45) is 0 Å². The molecule has 0 aliphatic rings. The molecule has 8 aromatic carbocycles. The zero-order valence-corrected chi connectivity index (χ0v) is 27.4. The summed E-state index contributed by atoms with van der Waals surface area (Å²) in [7, 11) is 0. The van der Waals surface area contributed by atoms with E-state index in [4.69, 9.17) is 4.42 Å². The standard InChI is InChI=1S/C48H33NO/c1-3-12-34(13-4-1)35-22-24-36(25-23-35)39-16-11-17-40(32-39)37-26-28-41(29-27-37)49(46-20-9-7-18-43(46)38-14-5-2-6-15-38)42-30-31-45-44-19-8-10-21-47(44)50-48(45)33-42/h1-33H. The number of para-hydroxylation sites is 2. The van der Waals surface area contributed by atoms with Crippen LogP contribution in [0.5, 0.6) is 0 Å². The molecule has 0 aliphatic heterocycles. The van der Waals surface area contributed by atoms with Crippen LogP contribution in [0.1, 0.15) is 0 Å². The van der Waals surface area contributed by atoms with Crippen LogP contribution in [0.4, 0.5) is 17.1 Å². The van der Waals surface area contributed by atoms with E-state index in [1.807, 2.05) is 12.1 Å². The number of hydrogen-bond donors (Lipinski definition) is 0. The summed E-state index contributed by atoms with van der Waals surface area (Å²) in [6.07, 6.45) is 0. The van der Waals surface area contributed by atoms with Gasteiger partial charge in [-0.25, -0.2) is 0 Å². The van der Waals surface area contributed by atoms with Gasteiger partial charge in [-0.1, -0.05) is 152 Å². The van der Waals surface area contributed by atoms with Gasteiger partial charge in [0.25, 0.3) is 0 Å². The molecule has 0 spiro atoms. The maximum absolute atomic E-state index is 6.36. The number of hydrogen-bond acceptors (Lipinski definition) is 2. The van der Waals surface area contributed by atoms with Crippen molar-refractivity contribution in [3.8, 4) is 44.5 Å². The largest absolute Gasteiger partial charge is 0.456 e. The summed E-state index contributed by atoms with van der Waals surface area (Å²) in [6.45, 7) is 0. The summed E-state index contributed by atoms with van der Waals surface area (Å²) in [4.78, 5) is 2.34. The van der Waals surface area contributed by atoms with Crippen molar-refractivity contribution >= 4 is 39.0 Å². The van der Waals surface area contributed by atoms with Gasteiger partial charge in [0.2, 0.25) is 0 Å². The van der Waals surface area contributed by atoms with Gasteiger partial charge in [0.1, 0.15) is 11.2 Å². The number of nitrogens with zero attached hydrogens (tertiary/aromatic N) is 1. The topological polar surface area (TPSA) is 16.4 Å². The van der Waals surface area contributed by atoms with Gasteiger partial charge in [0.05, 0.1) is 5.69 Å². The molecule has 50 heavy (non-hydrogen) atoms. The fourth-order valence-electron chi connectivity index (χ4n) is 6.98. The van der Waals surface area contributed by atoms with Gasteiger partial charge in [-0.15, -0.1) is 0 Å². The molecule has 0 saturated carbocycles. The second kappa shape index (κ2) is 12.8. The van der Waals surface area contributed by atoms with E-state index < -0.39 is 0 Å².